The maximum atomic E-state index is 11.8. The molecule has 0 aliphatic carbocycles. The fraction of sp³-hybridized carbons (Fsp3) is 0.529. The predicted molar refractivity (Wildman–Crippen MR) is 84.4 cm³/mol. The fourth-order valence-corrected chi connectivity index (χ4v) is 2.79. The number of esters is 1. The number of benzene rings is 1. The highest BCUT2D eigenvalue weighted by molar-refractivity contribution is 6.32. The number of nitrogens with one attached hydrogen (secondary N) is 1. The van der Waals surface area contributed by atoms with Crippen molar-refractivity contribution >= 4 is 11.9 Å². The molecule has 0 atom stereocenters. The smallest absolute Gasteiger partial charge is 0.396 e. The minimum absolute atomic E-state index is 0.184. The van der Waals surface area contributed by atoms with Crippen LogP contribution >= 0.6 is 0 Å². The van der Waals surface area contributed by atoms with E-state index in [9.17, 15) is 9.59 Å². The number of methoxy groups -OCH3 is 1. The number of carbonyl (C=O) groups excluding carboxylic acids is 2. The van der Waals surface area contributed by atoms with Gasteiger partial charge in [-0.15, -0.1) is 0 Å². The van der Waals surface area contributed by atoms with Crippen LogP contribution in [-0.2, 0) is 24.5 Å². The van der Waals surface area contributed by atoms with Gasteiger partial charge in [0.05, 0.1) is 13.7 Å². The normalized spacial score (nSPS) is 16.4. The van der Waals surface area contributed by atoms with Gasteiger partial charge in [-0.1, -0.05) is 12.1 Å². The highest BCUT2D eigenvalue weighted by atomic mass is 16.5. The molecular weight excluding hydrogens is 298 g/mol. The molecule has 0 saturated carbocycles. The molecule has 23 heavy (non-hydrogen) atoms. The first-order valence-electron chi connectivity index (χ1n) is 7.78. The van der Waals surface area contributed by atoms with Gasteiger partial charge >= 0.3 is 11.9 Å². The van der Waals surface area contributed by atoms with E-state index in [-0.39, 0.29) is 12.0 Å². The van der Waals surface area contributed by atoms with Gasteiger partial charge in [0.15, 0.2) is 0 Å². The van der Waals surface area contributed by atoms with Gasteiger partial charge in [-0.25, -0.2) is 4.79 Å². The highest BCUT2D eigenvalue weighted by Gasteiger charge is 2.35. The zero-order valence-corrected chi connectivity index (χ0v) is 13.6. The summed E-state index contributed by atoms with van der Waals surface area (Å²) in [7, 11) is 1.62. The van der Waals surface area contributed by atoms with Crippen LogP contribution in [0.3, 0.4) is 0 Å². The monoisotopic (exact) mass is 321 g/mol. The van der Waals surface area contributed by atoms with Crippen LogP contribution in [0, 0.1) is 0 Å². The molecule has 1 aliphatic heterocycles. The topological polar surface area (TPSA) is 73.9 Å². The van der Waals surface area contributed by atoms with Crippen LogP contribution in [0.5, 0.6) is 5.75 Å². The lowest BCUT2D eigenvalue weighted by atomic mass is 9.74. The first kappa shape index (κ1) is 17.3. The molecule has 0 spiro atoms. The van der Waals surface area contributed by atoms with Crippen molar-refractivity contribution in [2.45, 2.75) is 25.2 Å². The number of carbonyl (C=O) groups is 2. The van der Waals surface area contributed by atoms with E-state index in [2.05, 4.69) is 5.32 Å². The molecule has 0 aromatic heterocycles. The van der Waals surface area contributed by atoms with E-state index < -0.39 is 11.9 Å². The Balaban J connectivity index is 2.12. The van der Waals surface area contributed by atoms with E-state index in [1.807, 2.05) is 24.3 Å². The second kappa shape index (κ2) is 7.97. The van der Waals surface area contributed by atoms with Crippen molar-refractivity contribution in [2.75, 3.05) is 33.5 Å². The van der Waals surface area contributed by atoms with Crippen molar-refractivity contribution in [3.8, 4) is 5.75 Å². The summed E-state index contributed by atoms with van der Waals surface area (Å²) < 4.78 is 15.4. The van der Waals surface area contributed by atoms with E-state index in [1.54, 1.807) is 14.0 Å². The first-order valence-corrected chi connectivity index (χ1v) is 7.78. The average molecular weight is 321 g/mol. The van der Waals surface area contributed by atoms with Gasteiger partial charge in [-0.3, -0.25) is 4.79 Å². The van der Waals surface area contributed by atoms with Crippen LogP contribution in [0.25, 0.3) is 0 Å². The summed E-state index contributed by atoms with van der Waals surface area (Å²) in [6, 6.07) is 7.81. The van der Waals surface area contributed by atoms with Crippen molar-refractivity contribution in [2.24, 2.45) is 0 Å². The third-order valence-electron chi connectivity index (χ3n) is 4.20. The molecule has 1 fully saturated rings. The first-order chi connectivity index (χ1) is 11.1. The van der Waals surface area contributed by atoms with Gasteiger partial charge in [0.25, 0.3) is 0 Å². The summed E-state index contributed by atoms with van der Waals surface area (Å²) in [5.41, 5.74) is 0.859. The van der Waals surface area contributed by atoms with Gasteiger partial charge < -0.3 is 19.5 Å². The third kappa shape index (κ3) is 4.22. The zero-order valence-electron chi connectivity index (χ0n) is 13.6. The van der Waals surface area contributed by atoms with Crippen molar-refractivity contribution in [1.29, 1.82) is 0 Å². The fourth-order valence-electron chi connectivity index (χ4n) is 2.79. The molecule has 1 heterocycles. The molecule has 6 heteroatoms. The van der Waals surface area contributed by atoms with E-state index >= 15 is 0 Å². The maximum Gasteiger partial charge on any atom is 0.396 e. The van der Waals surface area contributed by atoms with Crippen LogP contribution in [-0.4, -0.2) is 45.4 Å². The van der Waals surface area contributed by atoms with Crippen LogP contribution in [0.15, 0.2) is 24.3 Å². The van der Waals surface area contributed by atoms with Crippen molar-refractivity contribution in [1.82, 2.24) is 5.32 Å². The second-order valence-corrected chi connectivity index (χ2v) is 5.52. The van der Waals surface area contributed by atoms with Gasteiger partial charge in [-0.2, -0.15) is 0 Å². The summed E-state index contributed by atoms with van der Waals surface area (Å²) in [4.78, 5) is 23.3. The Morgan fingerprint density at radius 1 is 1.22 bits per heavy atom. The van der Waals surface area contributed by atoms with Gasteiger partial charge in [0.1, 0.15) is 5.75 Å². The SMILES string of the molecule is CCOC(=O)C(=O)NCC1(c2ccc(OC)cc2)CCOCC1. The molecule has 0 radical (unpaired) electrons. The predicted octanol–water partition coefficient (Wildman–Crippen LogP) is 1.42. The molecule has 2 rings (SSSR count). The molecule has 1 saturated heterocycles. The van der Waals surface area contributed by atoms with Crippen molar-refractivity contribution < 1.29 is 23.8 Å². The summed E-state index contributed by atoms with van der Waals surface area (Å²) in [5.74, 6) is -0.762. The lowest BCUT2D eigenvalue weighted by Crippen LogP contribution is -2.46. The maximum absolute atomic E-state index is 11.8. The molecule has 1 amide bonds. The number of amides is 1. The van der Waals surface area contributed by atoms with Gasteiger partial charge in [-0.05, 0) is 37.5 Å². The van der Waals surface area contributed by atoms with Gasteiger partial charge in [0.2, 0.25) is 0 Å². The summed E-state index contributed by atoms with van der Waals surface area (Å²) in [6.07, 6.45) is 1.56. The number of hydrogen-bond acceptors (Lipinski definition) is 5. The largest absolute Gasteiger partial charge is 0.497 e. The second-order valence-electron chi connectivity index (χ2n) is 5.52. The third-order valence-corrected chi connectivity index (χ3v) is 4.20. The average Bonchev–Trinajstić information content (AvgIpc) is 2.60. The minimum Gasteiger partial charge on any atom is -0.497 e. The molecule has 6 nitrogen and oxygen atoms in total. The molecule has 0 unspecified atom stereocenters. The van der Waals surface area contributed by atoms with Crippen LogP contribution in [0.4, 0.5) is 0 Å². The molecular formula is C17H23NO5. The van der Waals surface area contributed by atoms with Crippen molar-refractivity contribution in [3.63, 3.8) is 0 Å². The van der Waals surface area contributed by atoms with Crippen LogP contribution in [0.2, 0.25) is 0 Å². The Hall–Kier alpha value is -2.08. The van der Waals surface area contributed by atoms with Crippen LogP contribution in [0.1, 0.15) is 25.3 Å². The minimum atomic E-state index is -0.843. The Labute approximate surface area is 136 Å². The van der Waals surface area contributed by atoms with E-state index in [0.717, 1.165) is 24.2 Å². The van der Waals surface area contributed by atoms with Gasteiger partial charge in [0, 0.05) is 25.2 Å². The summed E-state index contributed by atoms with van der Waals surface area (Å²) in [5, 5.41) is 2.70. The van der Waals surface area contributed by atoms with E-state index in [0.29, 0.717) is 19.8 Å². The Morgan fingerprint density at radius 2 is 1.87 bits per heavy atom. The number of ether oxygens (including phenoxy) is 3. The highest BCUT2D eigenvalue weighted by Crippen LogP contribution is 2.35. The molecule has 1 N–H and O–H groups in total. The number of rotatable bonds is 5. The lowest BCUT2D eigenvalue weighted by Gasteiger charge is -2.37. The van der Waals surface area contributed by atoms with E-state index in [1.165, 1.54) is 0 Å². The molecule has 0 bridgehead atoms. The Kier molecular flexibility index (Phi) is 5.98. The van der Waals surface area contributed by atoms with Crippen molar-refractivity contribution in [3.05, 3.63) is 29.8 Å². The molecule has 1 aromatic carbocycles. The quantitative estimate of drug-likeness (QED) is 0.656. The standard InChI is InChI=1S/C17H23NO5/c1-3-23-16(20)15(19)18-12-17(8-10-22-11-9-17)13-4-6-14(21-2)7-5-13/h4-7H,3,8-12H2,1-2H3,(H,18,19). The Bertz CT molecular complexity index is 534. The zero-order chi connectivity index (χ0) is 16.7. The molecule has 1 aliphatic rings. The summed E-state index contributed by atoms with van der Waals surface area (Å²) >= 11 is 0. The Morgan fingerprint density at radius 3 is 2.43 bits per heavy atom. The summed E-state index contributed by atoms with van der Waals surface area (Å²) in [6.45, 7) is 3.48. The lowest BCUT2D eigenvalue weighted by molar-refractivity contribution is -0.154. The van der Waals surface area contributed by atoms with Crippen LogP contribution < -0.4 is 10.1 Å². The molecule has 126 valence electrons. The van der Waals surface area contributed by atoms with E-state index in [4.69, 9.17) is 14.2 Å². The number of hydrogen-bond donors (Lipinski definition) is 1. The molecule has 1 aromatic rings.